The fraction of sp³-hybridized carbons (Fsp3) is 0.545. The lowest BCUT2D eigenvalue weighted by Gasteiger charge is -2.35. The summed E-state index contributed by atoms with van der Waals surface area (Å²) in [4.78, 5) is 23.7. The maximum Gasteiger partial charge on any atom is 0.226 e. The molecule has 1 aliphatic heterocycles. The zero-order valence-corrected chi connectivity index (χ0v) is 15.0. The molecule has 134 valence electrons. The fourth-order valence-corrected chi connectivity index (χ4v) is 6.06. The second-order valence-electron chi connectivity index (χ2n) is 8.86. The van der Waals surface area contributed by atoms with E-state index in [4.69, 9.17) is 4.98 Å². The van der Waals surface area contributed by atoms with Crippen molar-refractivity contribution in [2.45, 2.75) is 38.0 Å². The average Bonchev–Trinajstić information content (AvgIpc) is 3.13. The molecule has 1 spiro atoms. The smallest absolute Gasteiger partial charge is 0.226 e. The minimum atomic E-state index is 0.238. The van der Waals surface area contributed by atoms with Crippen molar-refractivity contribution < 1.29 is 4.79 Å². The van der Waals surface area contributed by atoms with Crippen LogP contribution in [0.5, 0.6) is 0 Å². The number of hydrogen-bond donors (Lipinski definition) is 1. The summed E-state index contributed by atoms with van der Waals surface area (Å²) in [6, 6.07) is 8.20. The highest BCUT2D eigenvalue weighted by molar-refractivity contribution is 5.81. The van der Waals surface area contributed by atoms with E-state index in [-0.39, 0.29) is 5.92 Å². The van der Waals surface area contributed by atoms with Crippen molar-refractivity contribution in [3.63, 3.8) is 0 Å². The molecule has 1 amide bonds. The number of rotatable bonds is 2. The second-order valence-corrected chi connectivity index (χ2v) is 8.86. The molecule has 4 heteroatoms. The Balaban J connectivity index is 1.22. The van der Waals surface area contributed by atoms with Crippen molar-refractivity contribution in [3.8, 4) is 0 Å². The van der Waals surface area contributed by atoms with Gasteiger partial charge in [0, 0.05) is 24.9 Å². The van der Waals surface area contributed by atoms with Gasteiger partial charge in [0.1, 0.15) is 5.82 Å². The zero-order chi connectivity index (χ0) is 17.3. The number of para-hydroxylation sites is 2. The minimum Gasteiger partial charge on any atom is -0.342 e. The number of hydrogen-bond acceptors (Lipinski definition) is 2. The number of piperidine rings is 1. The SMILES string of the molecule is O=C([C@@H]1C[C@H]2C=C[C@H]1C21CC1)N1CCC[C@@H](c2nc3ccccc3[nH]2)C1. The van der Waals surface area contributed by atoms with Gasteiger partial charge in [-0.25, -0.2) is 4.98 Å². The number of imidazole rings is 1. The molecule has 6 rings (SSSR count). The van der Waals surface area contributed by atoms with E-state index in [9.17, 15) is 4.79 Å². The van der Waals surface area contributed by atoms with E-state index in [1.807, 2.05) is 12.1 Å². The molecule has 0 unspecified atom stereocenters. The normalized spacial score (nSPS) is 34.1. The Bertz CT molecular complexity index is 876. The number of nitrogens with zero attached hydrogens (tertiary/aromatic N) is 2. The van der Waals surface area contributed by atoms with Gasteiger partial charge in [0.2, 0.25) is 5.91 Å². The van der Waals surface area contributed by atoms with Crippen LogP contribution in [0.15, 0.2) is 36.4 Å². The standard InChI is InChI=1S/C22H25N3O/c26-21(16-12-15-7-8-17(16)22(15)9-10-22)25-11-3-4-14(13-25)20-23-18-5-1-2-6-19(18)24-20/h1-2,5-8,14-17H,3-4,9-13H2,(H,23,24)/t14-,15-,16-,17-/m1/s1. The van der Waals surface area contributed by atoms with Gasteiger partial charge in [0.25, 0.3) is 0 Å². The van der Waals surface area contributed by atoms with Crippen LogP contribution >= 0.6 is 0 Å². The molecule has 2 saturated carbocycles. The molecular formula is C22H25N3O. The number of carbonyl (C=O) groups excluding carboxylic acids is 1. The third-order valence-electron chi connectivity index (χ3n) is 7.57. The van der Waals surface area contributed by atoms with Gasteiger partial charge in [-0.15, -0.1) is 0 Å². The largest absolute Gasteiger partial charge is 0.342 e. The molecule has 1 aromatic heterocycles. The van der Waals surface area contributed by atoms with Crippen LogP contribution in [0.2, 0.25) is 0 Å². The highest BCUT2D eigenvalue weighted by Crippen LogP contribution is 2.70. The van der Waals surface area contributed by atoms with Crippen LogP contribution in [0.4, 0.5) is 0 Å². The number of benzene rings is 1. The van der Waals surface area contributed by atoms with Crippen molar-refractivity contribution in [1.82, 2.24) is 14.9 Å². The summed E-state index contributed by atoms with van der Waals surface area (Å²) in [7, 11) is 0. The first-order valence-corrected chi connectivity index (χ1v) is 10.2. The highest BCUT2D eigenvalue weighted by atomic mass is 16.2. The van der Waals surface area contributed by atoms with Crippen LogP contribution in [0, 0.1) is 23.2 Å². The van der Waals surface area contributed by atoms with Crippen LogP contribution < -0.4 is 0 Å². The number of aromatic amines is 1. The number of amides is 1. The Morgan fingerprint density at radius 3 is 2.92 bits per heavy atom. The third-order valence-corrected chi connectivity index (χ3v) is 7.57. The lowest BCUT2D eigenvalue weighted by Crippen LogP contribution is -2.43. The van der Waals surface area contributed by atoms with Crippen LogP contribution in [-0.2, 0) is 4.79 Å². The van der Waals surface area contributed by atoms with E-state index in [2.05, 4.69) is 34.2 Å². The summed E-state index contributed by atoms with van der Waals surface area (Å²) in [5, 5.41) is 0. The molecule has 2 heterocycles. The Labute approximate surface area is 153 Å². The first-order valence-electron chi connectivity index (χ1n) is 10.2. The highest BCUT2D eigenvalue weighted by Gasteiger charge is 2.64. The van der Waals surface area contributed by atoms with E-state index in [0.29, 0.717) is 29.1 Å². The van der Waals surface area contributed by atoms with Crippen LogP contribution in [0.3, 0.4) is 0 Å². The first-order chi connectivity index (χ1) is 12.7. The first kappa shape index (κ1) is 15.0. The maximum atomic E-state index is 13.3. The van der Waals surface area contributed by atoms with Crippen molar-refractivity contribution in [1.29, 1.82) is 0 Å². The predicted molar refractivity (Wildman–Crippen MR) is 101 cm³/mol. The third kappa shape index (κ3) is 2.02. The number of likely N-dealkylation sites (tertiary alicyclic amines) is 1. The molecule has 3 fully saturated rings. The number of H-pyrrole nitrogens is 1. The Kier molecular flexibility index (Phi) is 3.01. The number of fused-ring (bicyclic) bond motifs is 1. The van der Waals surface area contributed by atoms with Gasteiger partial charge in [-0.2, -0.15) is 0 Å². The monoisotopic (exact) mass is 347 g/mol. The summed E-state index contributed by atoms with van der Waals surface area (Å²) in [6.45, 7) is 1.74. The Hall–Kier alpha value is -2.10. The van der Waals surface area contributed by atoms with E-state index < -0.39 is 0 Å². The van der Waals surface area contributed by atoms with E-state index in [1.54, 1.807) is 0 Å². The average molecular weight is 347 g/mol. The fourth-order valence-electron chi connectivity index (χ4n) is 6.06. The van der Waals surface area contributed by atoms with Gasteiger partial charge in [-0.05, 0) is 61.5 Å². The topological polar surface area (TPSA) is 49.0 Å². The molecule has 4 aliphatic rings. The molecular weight excluding hydrogens is 322 g/mol. The molecule has 1 aromatic carbocycles. The summed E-state index contributed by atoms with van der Waals surface area (Å²) in [6.07, 6.45) is 10.7. The van der Waals surface area contributed by atoms with Gasteiger partial charge >= 0.3 is 0 Å². The van der Waals surface area contributed by atoms with Gasteiger partial charge in [0.15, 0.2) is 0 Å². The maximum absolute atomic E-state index is 13.3. The molecule has 4 atom stereocenters. The van der Waals surface area contributed by atoms with Crippen LogP contribution in [0.25, 0.3) is 11.0 Å². The minimum absolute atomic E-state index is 0.238. The lowest BCUT2D eigenvalue weighted by atomic mass is 9.87. The molecule has 1 saturated heterocycles. The lowest BCUT2D eigenvalue weighted by molar-refractivity contribution is -0.137. The van der Waals surface area contributed by atoms with E-state index in [1.165, 1.54) is 12.8 Å². The van der Waals surface area contributed by atoms with Gasteiger partial charge in [-0.3, -0.25) is 4.79 Å². The van der Waals surface area contributed by atoms with Gasteiger partial charge < -0.3 is 9.88 Å². The van der Waals surface area contributed by atoms with E-state index in [0.717, 1.165) is 49.2 Å². The van der Waals surface area contributed by atoms with E-state index >= 15 is 0 Å². The van der Waals surface area contributed by atoms with Crippen molar-refractivity contribution in [2.75, 3.05) is 13.1 Å². The number of carbonyl (C=O) groups is 1. The van der Waals surface area contributed by atoms with Crippen molar-refractivity contribution in [2.24, 2.45) is 23.2 Å². The number of allylic oxidation sites excluding steroid dienone is 2. The molecule has 1 N–H and O–H groups in total. The van der Waals surface area contributed by atoms with Crippen molar-refractivity contribution >= 4 is 16.9 Å². The molecule has 2 aromatic rings. The Morgan fingerprint density at radius 1 is 1.23 bits per heavy atom. The second kappa shape index (κ2) is 5.21. The summed E-state index contributed by atoms with van der Waals surface area (Å²) < 4.78 is 0. The summed E-state index contributed by atoms with van der Waals surface area (Å²) >= 11 is 0. The van der Waals surface area contributed by atoms with Crippen LogP contribution in [-0.4, -0.2) is 33.9 Å². The molecule has 3 aliphatic carbocycles. The quantitative estimate of drug-likeness (QED) is 0.839. The van der Waals surface area contributed by atoms with Crippen LogP contribution in [0.1, 0.15) is 43.8 Å². The van der Waals surface area contributed by atoms with Gasteiger partial charge in [-0.1, -0.05) is 24.3 Å². The predicted octanol–water partition coefficient (Wildman–Crippen LogP) is 3.87. The molecule has 0 radical (unpaired) electrons. The molecule has 4 nitrogen and oxygen atoms in total. The number of nitrogens with one attached hydrogen (secondary N) is 1. The molecule has 26 heavy (non-hydrogen) atoms. The zero-order valence-electron chi connectivity index (χ0n) is 15.0. The molecule has 2 bridgehead atoms. The Morgan fingerprint density at radius 2 is 2.12 bits per heavy atom. The number of aromatic nitrogens is 2. The summed E-state index contributed by atoms with van der Waals surface area (Å²) in [5.41, 5.74) is 2.62. The van der Waals surface area contributed by atoms with Crippen molar-refractivity contribution in [3.05, 3.63) is 42.2 Å². The van der Waals surface area contributed by atoms with Gasteiger partial charge in [0.05, 0.1) is 11.0 Å². The summed E-state index contributed by atoms with van der Waals surface area (Å²) in [5.74, 6) is 3.24.